The molecule has 0 aromatic rings. The van der Waals surface area contributed by atoms with Gasteiger partial charge in [0.25, 0.3) is 0 Å². The Hall–Kier alpha value is -5.83. The van der Waals surface area contributed by atoms with Crippen molar-refractivity contribution in [1.29, 1.82) is 0 Å². The maximum absolute atomic E-state index is 15.8. The van der Waals surface area contributed by atoms with E-state index >= 15 is 28.8 Å². The summed E-state index contributed by atoms with van der Waals surface area (Å²) in [7, 11) is 10.2. The second kappa shape index (κ2) is 36.4. The van der Waals surface area contributed by atoms with Crippen LogP contribution in [0.4, 0.5) is 13.2 Å². The van der Waals surface area contributed by atoms with E-state index in [9.17, 15) is 42.3 Å². The molecule has 560 valence electrons. The highest BCUT2D eigenvalue weighted by molar-refractivity contribution is 6.20. The molecule has 0 aromatic heterocycles. The first-order valence-corrected chi connectivity index (χ1v) is 37.3. The third-order valence-electron chi connectivity index (χ3n) is 22.8. The minimum atomic E-state index is -4.46. The molecule has 11 amide bonds. The van der Waals surface area contributed by atoms with Crippen molar-refractivity contribution in [3.05, 3.63) is 0 Å². The Morgan fingerprint density at radius 2 is 1.20 bits per heavy atom. The summed E-state index contributed by atoms with van der Waals surface area (Å²) < 4.78 is 42.0. The van der Waals surface area contributed by atoms with Crippen molar-refractivity contribution >= 4 is 76.6 Å². The van der Waals surface area contributed by atoms with Gasteiger partial charge in [-0.05, 0) is 133 Å². The van der Waals surface area contributed by atoms with Crippen molar-refractivity contribution in [2.24, 2.45) is 29.6 Å². The summed E-state index contributed by atoms with van der Waals surface area (Å²) in [6.07, 6.45) is 7.20. The van der Waals surface area contributed by atoms with Crippen LogP contribution in [-0.4, -0.2) is 275 Å². The molecule has 7 fully saturated rings. The molecule has 0 radical (unpaired) electrons. The number of likely N-dealkylation sites (N-methyl/N-ethyl adjacent to an activating group) is 7. The molecule has 3 unspecified atom stereocenters. The average Bonchev–Trinajstić information content (AvgIpc) is 1.73. The van der Waals surface area contributed by atoms with Crippen LogP contribution in [0.25, 0.3) is 0 Å². The van der Waals surface area contributed by atoms with Crippen LogP contribution in [0.1, 0.15) is 194 Å². The average molecular weight is 1420 g/mol. The monoisotopic (exact) mass is 1420 g/mol. The van der Waals surface area contributed by atoms with Crippen molar-refractivity contribution in [2.45, 2.75) is 260 Å². The van der Waals surface area contributed by atoms with Gasteiger partial charge in [0.1, 0.15) is 41.8 Å². The van der Waals surface area contributed by atoms with E-state index in [0.717, 1.165) is 67.6 Å². The maximum Gasteiger partial charge on any atom is 0.393 e. The number of nitrogens with one attached hydrogen (secondary N) is 3. The number of hydrogen-bond donors (Lipinski definition) is 4. The Bertz CT molecular complexity index is 2810. The summed E-state index contributed by atoms with van der Waals surface area (Å²) in [6.45, 7) is 4.91. The number of amides is 11. The Morgan fingerprint density at radius 1 is 0.596 bits per heavy atom. The molecule has 3 heterocycles. The second-order valence-electron chi connectivity index (χ2n) is 30.6. The van der Waals surface area contributed by atoms with E-state index in [1.54, 1.807) is 19.0 Å². The smallest absolute Gasteiger partial charge is 0.391 e. The lowest BCUT2D eigenvalue weighted by atomic mass is 9.78. The molecule has 28 heteroatoms. The fourth-order valence-electron chi connectivity index (χ4n) is 16.6. The van der Waals surface area contributed by atoms with Crippen LogP contribution < -0.4 is 16.0 Å². The van der Waals surface area contributed by atoms with Gasteiger partial charge < -0.3 is 65.2 Å². The number of alkyl halides is 4. The number of aliphatic hydroxyl groups excluding tert-OH is 1. The third-order valence-corrected chi connectivity index (χ3v) is 23.3. The quantitative estimate of drug-likeness (QED) is 0.203. The van der Waals surface area contributed by atoms with Crippen LogP contribution in [0.5, 0.6) is 0 Å². The summed E-state index contributed by atoms with van der Waals surface area (Å²) in [5.74, 6) is -8.97. The van der Waals surface area contributed by atoms with Gasteiger partial charge in [-0.15, -0.1) is 11.6 Å². The number of likely N-dealkylation sites (tertiary alicyclic amines) is 1. The standard InChI is InChI=1S/C71H116ClF3N12O12/c1-45(2)39-54-62(92)77-60(46(3)88)67(97)81(6)43-58(90)80(5)44-59(91)83(8)55(41-47-23-14-11-15-24-47)65(95)79(4)38-34-76-52(31-29-48-28-30-50(51(72)40-48)71(73,74)75)64(94)87-37-22-27-53(87)63(93)78-70(32-18-19-33-70)69(99)85(10)61(49-25-16-12-17-26-49)68(98)84(9)56(42-57(89)82(54)7)66(96)86-35-20-13-21-36-86/h45-56,60-61,76,88H,11-44H2,1-10H3,(H,77,92)(H,78,93)/t46-,48?,50?,51?,52+,53+,54+,55+,56+,60+,61+/m1/s1. The van der Waals surface area contributed by atoms with E-state index in [1.165, 1.54) is 71.6 Å². The molecule has 11 atom stereocenters. The molecule has 4 aliphatic carbocycles. The van der Waals surface area contributed by atoms with Gasteiger partial charge >= 0.3 is 6.18 Å². The number of halogens is 4. The minimum Gasteiger partial charge on any atom is -0.391 e. The lowest BCUT2D eigenvalue weighted by Gasteiger charge is -2.43. The van der Waals surface area contributed by atoms with E-state index in [1.807, 2.05) is 13.8 Å². The van der Waals surface area contributed by atoms with Gasteiger partial charge in [0.2, 0.25) is 65.0 Å². The summed E-state index contributed by atoms with van der Waals surface area (Å²) in [5.41, 5.74) is -1.50. The maximum atomic E-state index is 15.8. The zero-order valence-corrected chi connectivity index (χ0v) is 61.4. The minimum absolute atomic E-state index is 0.0454. The number of hydrogen-bond acceptors (Lipinski definition) is 13. The van der Waals surface area contributed by atoms with Crippen LogP contribution in [0.15, 0.2) is 0 Å². The molecule has 99 heavy (non-hydrogen) atoms. The molecule has 3 saturated heterocycles. The number of nitrogens with zero attached hydrogens (tertiary/aromatic N) is 9. The normalized spacial score (nSPS) is 30.4. The summed E-state index contributed by atoms with van der Waals surface area (Å²) in [5, 5.41) is 19.1. The van der Waals surface area contributed by atoms with Crippen LogP contribution in [0, 0.1) is 29.6 Å². The van der Waals surface area contributed by atoms with Gasteiger partial charge in [0.05, 0.1) is 37.6 Å². The highest BCUT2D eigenvalue weighted by Crippen LogP contribution is 2.44. The Kier molecular flexibility index (Phi) is 29.6. The lowest BCUT2D eigenvalue weighted by molar-refractivity contribution is -0.182. The van der Waals surface area contributed by atoms with Gasteiger partial charge in [-0.25, -0.2) is 0 Å². The molecular formula is C71H116ClF3N12O12. The van der Waals surface area contributed by atoms with Crippen LogP contribution in [-0.2, 0) is 52.7 Å². The molecule has 4 saturated carbocycles. The third kappa shape index (κ3) is 20.7. The van der Waals surface area contributed by atoms with Crippen molar-refractivity contribution < 1.29 is 71.0 Å². The molecule has 1 spiro atoms. The SMILES string of the molecule is CC(C)C[C@H]1C(=O)N[C@@H]([C@@H](C)O)C(=O)N(C)CC(=O)N(C)CC(=O)N(C)[C@@H](CC2CCCCC2)C(=O)N(C)CCN[C@@H](CCC2CCC(C(F)(F)F)C(Cl)C2)C(=O)N2CCC[C@H]2C(=O)NC2(CCCC2)C(=O)N(C)[C@@H](C2CCCCC2)C(=O)N(C)[C@H](C(=O)N2CCCCC2)CC(=O)N1C. The van der Waals surface area contributed by atoms with Gasteiger partial charge in [0, 0.05) is 87.4 Å². The van der Waals surface area contributed by atoms with Crippen LogP contribution in [0.2, 0.25) is 0 Å². The number of carbonyl (C=O) groups is 11. The molecule has 24 nitrogen and oxygen atoms in total. The van der Waals surface area contributed by atoms with E-state index in [4.69, 9.17) is 11.6 Å². The largest absolute Gasteiger partial charge is 0.393 e. The topological polar surface area (TPSA) is 273 Å². The van der Waals surface area contributed by atoms with Crippen molar-refractivity contribution in [3.8, 4) is 0 Å². The molecule has 4 N–H and O–H groups in total. The number of piperidine rings is 1. The number of rotatable bonds is 10. The van der Waals surface area contributed by atoms with Gasteiger partial charge in [-0.1, -0.05) is 78.1 Å². The number of carbonyl (C=O) groups excluding carboxylic acids is 11. The second-order valence-corrected chi connectivity index (χ2v) is 31.1. The first kappa shape index (κ1) is 80.5. The van der Waals surface area contributed by atoms with E-state index in [0.29, 0.717) is 70.9 Å². The van der Waals surface area contributed by atoms with Crippen molar-refractivity contribution in [1.82, 2.24) is 60.0 Å². The Labute approximate surface area is 589 Å². The first-order chi connectivity index (χ1) is 46.8. The molecule has 3 aliphatic heterocycles. The Balaban J connectivity index is 1.26. The molecular weight excluding hydrogens is 1310 g/mol. The van der Waals surface area contributed by atoms with Gasteiger partial charge in [-0.2, -0.15) is 13.2 Å². The van der Waals surface area contributed by atoms with Crippen molar-refractivity contribution in [3.63, 3.8) is 0 Å². The highest BCUT2D eigenvalue weighted by Gasteiger charge is 2.52. The summed E-state index contributed by atoms with van der Waals surface area (Å²) in [4.78, 5) is 176. The number of aliphatic hydroxyl groups is 1. The molecule has 7 rings (SSSR count). The predicted octanol–water partition coefficient (Wildman–Crippen LogP) is 5.29. The fraction of sp³-hybridized carbons (Fsp3) is 0.845. The highest BCUT2D eigenvalue weighted by atomic mass is 35.5. The van der Waals surface area contributed by atoms with Gasteiger partial charge in [0.15, 0.2) is 0 Å². The number of fused-ring (bicyclic) bond motifs is 1. The van der Waals surface area contributed by atoms with E-state index in [2.05, 4.69) is 16.0 Å². The van der Waals surface area contributed by atoms with Crippen LogP contribution in [0.3, 0.4) is 0 Å². The molecule has 0 aromatic carbocycles. The summed E-state index contributed by atoms with van der Waals surface area (Å²) >= 11 is 6.43. The van der Waals surface area contributed by atoms with Crippen LogP contribution >= 0.6 is 11.6 Å². The predicted molar refractivity (Wildman–Crippen MR) is 367 cm³/mol. The van der Waals surface area contributed by atoms with Gasteiger partial charge in [-0.3, -0.25) is 52.7 Å². The van der Waals surface area contributed by atoms with Crippen molar-refractivity contribution in [2.75, 3.05) is 95.1 Å². The summed E-state index contributed by atoms with van der Waals surface area (Å²) in [6, 6.07) is -8.43. The fourth-order valence-corrected chi connectivity index (χ4v) is 17.1. The Morgan fingerprint density at radius 3 is 1.81 bits per heavy atom. The zero-order valence-electron chi connectivity index (χ0n) is 60.6. The van der Waals surface area contributed by atoms with E-state index in [-0.39, 0.29) is 94.7 Å². The molecule has 7 aliphatic rings. The molecule has 0 bridgehead atoms. The lowest BCUT2D eigenvalue weighted by Crippen LogP contribution is -2.65. The first-order valence-electron chi connectivity index (χ1n) is 36.9. The zero-order chi connectivity index (χ0) is 72.8. The van der Waals surface area contributed by atoms with E-state index < -0.39 is 156 Å².